The first-order chi connectivity index (χ1) is 6.83. The van der Waals surface area contributed by atoms with Crippen LogP contribution in [0.2, 0.25) is 0 Å². The second kappa shape index (κ2) is 5.97. The molecular weight excluding hydrogens is 174 g/mol. The van der Waals surface area contributed by atoms with Crippen molar-refractivity contribution in [3.05, 3.63) is 48.2 Å². The topological polar surface area (TPSA) is 29.1 Å². The van der Waals surface area contributed by atoms with Crippen LogP contribution in [0.5, 0.6) is 0 Å². The predicted octanol–water partition coefficient (Wildman–Crippen LogP) is 1.92. The highest BCUT2D eigenvalue weighted by Gasteiger charge is 1.94. The highest BCUT2D eigenvalue weighted by molar-refractivity contribution is 5.52. The van der Waals surface area contributed by atoms with Crippen LogP contribution in [-0.4, -0.2) is 12.8 Å². The Morgan fingerprint density at radius 2 is 2.07 bits per heavy atom. The van der Waals surface area contributed by atoms with E-state index in [-0.39, 0.29) is 0 Å². The van der Waals surface area contributed by atoms with Gasteiger partial charge in [0.1, 0.15) is 6.29 Å². The summed E-state index contributed by atoms with van der Waals surface area (Å²) in [6.45, 7) is 4.19. The normalized spacial score (nSPS) is 9.43. The van der Waals surface area contributed by atoms with E-state index in [1.54, 1.807) is 0 Å². The van der Waals surface area contributed by atoms with Gasteiger partial charge in [-0.05, 0) is 18.4 Å². The largest absolute Gasteiger partial charge is 0.382 e. The number of carbonyl (C=O) groups is 1. The van der Waals surface area contributed by atoms with Gasteiger partial charge < -0.3 is 10.1 Å². The Balaban J connectivity index is 2.27. The van der Waals surface area contributed by atoms with Gasteiger partial charge in [-0.1, -0.05) is 36.9 Å². The van der Waals surface area contributed by atoms with Gasteiger partial charge in [0.15, 0.2) is 0 Å². The number of nitrogens with one attached hydrogen (secondary N) is 1. The van der Waals surface area contributed by atoms with Gasteiger partial charge in [-0.3, -0.25) is 0 Å². The van der Waals surface area contributed by atoms with E-state index in [1.165, 1.54) is 5.56 Å². The van der Waals surface area contributed by atoms with Crippen molar-refractivity contribution >= 4 is 6.29 Å². The summed E-state index contributed by atoms with van der Waals surface area (Å²) in [5.41, 5.74) is 2.21. The molecule has 0 saturated carbocycles. The van der Waals surface area contributed by atoms with Crippen LogP contribution >= 0.6 is 0 Å². The lowest BCUT2D eigenvalue weighted by atomic mass is 10.1. The molecule has 74 valence electrons. The summed E-state index contributed by atoms with van der Waals surface area (Å²) in [5.74, 6) is 0. The van der Waals surface area contributed by atoms with Crippen molar-refractivity contribution in [3.8, 4) is 0 Å². The van der Waals surface area contributed by atoms with Crippen molar-refractivity contribution in [1.29, 1.82) is 0 Å². The summed E-state index contributed by atoms with van der Waals surface area (Å²) in [6.07, 6.45) is 2.68. The van der Waals surface area contributed by atoms with Crippen molar-refractivity contribution < 1.29 is 4.79 Å². The van der Waals surface area contributed by atoms with Crippen molar-refractivity contribution in [2.75, 3.05) is 6.54 Å². The van der Waals surface area contributed by atoms with Crippen LogP contribution in [0.3, 0.4) is 0 Å². The summed E-state index contributed by atoms with van der Waals surface area (Å²) >= 11 is 0. The Morgan fingerprint density at radius 3 is 2.71 bits per heavy atom. The monoisotopic (exact) mass is 189 g/mol. The molecule has 1 rings (SSSR count). The lowest BCUT2D eigenvalue weighted by Gasteiger charge is -2.06. The summed E-state index contributed by atoms with van der Waals surface area (Å²) in [4.78, 5) is 10.1. The van der Waals surface area contributed by atoms with Gasteiger partial charge in [-0.15, -0.1) is 0 Å². The van der Waals surface area contributed by atoms with Gasteiger partial charge in [-0.2, -0.15) is 0 Å². The van der Waals surface area contributed by atoms with Crippen molar-refractivity contribution in [2.45, 2.75) is 12.8 Å². The quantitative estimate of drug-likeness (QED) is 0.693. The number of aryl methyl sites for hydroxylation is 1. The van der Waals surface area contributed by atoms with Crippen molar-refractivity contribution in [2.24, 2.45) is 0 Å². The molecule has 0 aromatic heterocycles. The minimum absolute atomic E-state index is 0.355. The lowest BCUT2D eigenvalue weighted by Crippen LogP contribution is -2.15. The first-order valence-electron chi connectivity index (χ1n) is 4.72. The zero-order valence-corrected chi connectivity index (χ0v) is 8.20. The zero-order valence-electron chi connectivity index (χ0n) is 8.20. The van der Waals surface area contributed by atoms with Gasteiger partial charge in [0.25, 0.3) is 0 Å². The molecule has 0 heterocycles. The van der Waals surface area contributed by atoms with Gasteiger partial charge in [-0.25, -0.2) is 0 Å². The molecule has 0 saturated heterocycles. The summed E-state index contributed by atoms with van der Waals surface area (Å²) < 4.78 is 0. The van der Waals surface area contributed by atoms with E-state index in [9.17, 15) is 4.79 Å². The highest BCUT2D eigenvalue weighted by atomic mass is 16.1. The van der Waals surface area contributed by atoms with Crippen molar-refractivity contribution in [1.82, 2.24) is 5.32 Å². The van der Waals surface area contributed by atoms with E-state index in [4.69, 9.17) is 0 Å². The molecular formula is C12H15NO. The first-order valence-corrected chi connectivity index (χ1v) is 4.72. The third-order valence-electron chi connectivity index (χ3n) is 1.99. The van der Waals surface area contributed by atoms with Gasteiger partial charge >= 0.3 is 0 Å². The molecule has 0 unspecified atom stereocenters. The Bertz CT molecular complexity index is 292. The number of rotatable bonds is 6. The van der Waals surface area contributed by atoms with Crippen LogP contribution in [0.4, 0.5) is 0 Å². The standard InChI is InChI=1S/C12H15NO/c1-11(13-9-10-14)7-8-12-5-3-2-4-6-12/h2-6,10,13H,1,7-9H2. The number of aldehydes is 1. The molecule has 1 aromatic carbocycles. The molecule has 0 amide bonds. The zero-order chi connectivity index (χ0) is 10.2. The Labute approximate surface area is 84.6 Å². The SMILES string of the molecule is C=C(CCc1ccccc1)NCC=O. The van der Waals surface area contributed by atoms with Crippen LogP contribution in [0, 0.1) is 0 Å². The van der Waals surface area contributed by atoms with Crippen LogP contribution in [-0.2, 0) is 11.2 Å². The molecule has 14 heavy (non-hydrogen) atoms. The van der Waals surface area contributed by atoms with Crippen molar-refractivity contribution in [3.63, 3.8) is 0 Å². The molecule has 0 aliphatic carbocycles. The molecule has 0 bridgehead atoms. The molecule has 0 spiro atoms. The molecule has 1 aromatic rings. The number of carbonyl (C=O) groups excluding carboxylic acids is 1. The van der Waals surface area contributed by atoms with Gasteiger partial charge in [0.05, 0.1) is 6.54 Å². The van der Waals surface area contributed by atoms with Crippen LogP contribution in [0.1, 0.15) is 12.0 Å². The van der Waals surface area contributed by atoms with Crippen LogP contribution in [0.25, 0.3) is 0 Å². The Kier molecular flexibility index (Phi) is 4.48. The van der Waals surface area contributed by atoms with Crippen LogP contribution < -0.4 is 5.32 Å². The average Bonchev–Trinajstić information content (AvgIpc) is 2.25. The number of hydrogen-bond donors (Lipinski definition) is 1. The summed E-state index contributed by atoms with van der Waals surface area (Å²) in [5, 5.41) is 2.94. The lowest BCUT2D eigenvalue weighted by molar-refractivity contribution is -0.107. The Hall–Kier alpha value is -1.57. The second-order valence-electron chi connectivity index (χ2n) is 3.14. The maximum absolute atomic E-state index is 10.1. The Morgan fingerprint density at radius 1 is 1.36 bits per heavy atom. The summed E-state index contributed by atoms with van der Waals surface area (Å²) in [7, 11) is 0. The van der Waals surface area contributed by atoms with E-state index >= 15 is 0 Å². The fourth-order valence-electron chi connectivity index (χ4n) is 1.21. The molecule has 0 aliphatic heterocycles. The van der Waals surface area contributed by atoms with E-state index < -0.39 is 0 Å². The average molecular weight is 189 g/mol. The third kappa shape index (κ3) is 3.90. The number of benzene rings is 1. The fourth-order valence-corrected chi connectivity index (χ4v) is 1.21. The van der Waals surface area contributed by atoms with E-state index in [2.05, 4.69) is 24.0 Å². The molecule has 0 atom stereocenters. The van der Waals surface area contributed by atoms with E-state index in [0.717, 1.165) is 24.8 Å². The predicted molar refractivity (Wildman–Crippen MR) is 58.0 cm³/mol. The molecule has 2 heteroatoms. The first kappa shape index (κ1) is 10.5. The minimum Gasteiger partial charge on any atom is -0.382 e. The molecule has 2 nitrogen and oxygen atoms in total. The maximum atomic E-state index is 10.1. The molecule has 0 radical (unpaired) electrons. The smallest absolute Gasteiger partial charge is 0.139 e. The molecule has 0 fully saturated rings. The van der Waals surface area contributed by atoms with E-state index in [1.807, 2.05) is 18.2 Å². The number of allylic oxidation sites excluding steroid dienone is 1. The molecule has 1 N–H and O–H groups in total. The number of hydrogen-bond acceptors (Lipinski definition) is 2. The fraction of sp³-hybridized carbons (Fsp3) is 0.250. The molecule has 0 aliphatic rings. The third-order valence-corrected chi connectivity index (χ3v) is 1.99. The second-order valence-corrected chi connectivity index (χ2v) is 3.14. The maximum Gasteiger partial charge on any atom is 0.139 e. The van der Waals surface area contributed by atoms with Gasteiger partial charge in [0.2, 0.25) is 0 Å². The highest BCUT2D eigenvalue weighted by Crippen LogP contribution is 2.05. The minimum atomic E-state index is 0.355. The van der Waals surface area contributed by atoms with E-state index in [0.29, 0.717) is 6.54 Å². The van der Waals surface area contributed by atoms with Crippen LogP contribution in [0.15, 0.2) is 42.6 Å². The summed E-state index contributed by atoms with van der Waals surface area (Å²) in [6, 6.07) is 10.2. The van der Waals surface area contributed by atoms with Gasteiger partial charge in [0, 0.05) is 5.70 Å².